The molecule has 1 aliphatic heterocycles. The second kappa shape index (κ2) is 6.50. The maximum atomic E-state index is 4.68. The van der Waals surface area contributed by atoms with Crippen molar-refractivity contribution in [3.05, 3.63) is 17.1 Å². The Hall–Kier alpha value is -0.420. The summed E-state index contributed by atoms with van der Waals surface area (Å²) in [6, 6.07) is 0. The molecule has 2 rings (SSSR count). The van der Waals surface area contributed by atoms with Crippen LogP contribution in [0.2, 0.25) is 0 Å². The minimum atomic E-state index is 0.926. The average molecular weight is 269 g/mol. The van der Waals surface area contributed by atoms with Crippen LogP contribution in [-0.2, 0) is 17.3 Å². The van der Waals surface area contributed by atoms with Crippen molar-refractivity contribution in [3.63, 3.8) is 0 Å². The second-order valence-electron chi connectivity index (χ2n) is 3.99. The van der Waals surface area contributed by atoms with Gasteiger partial charge in [-0.1, -0.05) is 6.92 Å². The molecule has 1 aliphatic rings. The lowest BCUT2D eigenvalue weighted by Crippen LogP contribution is -2.08. The first kappa shape index (κ1) is 13.0. The SMILES string of the molecule is CCCSCc1nc2c(c(NCC)n1)CSC2. The molecular weight excluding hydrogens is 250 g/mol. The maximum absolute atomic E-state index is 4.68. The number of fused-ring (bicyclic) bond motifs is 1. The summed E-state index contributed by atoms with van der Waals surface area (Å²) in [6.45, 7) is 5.25. The molecule has 0 unspecified atom stereocenters. The fraction of sp³-hybridized carbons (Fsp3) is 0.667. The number of hydrogen-bond acceptors (Lipinski definition) is 5. The quantitative estimate of drug-likeness (QED) is 0.802. The minimum Gasteiger partial charge on any atom is -0.370 e. The molecule has 0 radical (unpaired) electrons. The Labute approximate surface area is 112 Å². The number of aromatic nitrogens is 2. The largest absolute Gasteiger partial charge is 0.370 e. The zero-order valence-electron chi connectivity index (χ0n) is 10.5. The van der Waals surface area contributed by atoms with E-state index in [-0.39, 0.29) is 0 Å². The van der Waals surface area contributed by atoms with Gasteiger partial charge in [-0.15, -0.1) is 0 Å². The van der Waals surface area contributed by atoms with Gasteiger partial charge in [-0.3, -0.25) is 0 Å². The summed E-state index contributed by atoms with van der Waals surface area (Å²) in [7, 11) is 0. The molecule has 0 bridgehead atoms. The van der Waals surface area contributed by atoms with Gasteiger partial charge in [0.1, 0.15) is 11.6 Å². The predicted octanol–water partition coefficient (Wildman–Crippen LogP) is 3.30. The summed E-state index contributed by atoms with van der Waals surface area (Å²) in [5.74, 6) is 6.27. The summed E-state index contributed by atoms with van der Waals surface area (Å²) < 4.78 is 0. The van der Waals surface area contributed by atoms with Crippen molar-refractivity contribution in [3.8, 4) is 0 Å². The zero-order chi connectivity index (χ0) is 12.1. The van der Waals surface area contributed by atoms with Gasteiger partial charge in [0.05, 0.1) is 11.4 Å². The number of nitrogens with zero attached hydrogens (tertiary/aromatic N) is 2. The number of thioether (sulfide) groups is 2. The first-order valence-corrected chi connectivity index (χ1v) is 8.44. The Kier molecular flexibility index (Phi) is 4.98. The number of nitrogens with one attached hydrogen (secondary N) is 1. The molecule has 0 saturated carbocycles. The van der Waals surface area contributed by atoms with Crippen LogP contribution < -0.4 is 5.32 Å². The van der Waals surface area contributed by atoms with E-state index in [2.05, 4.69) is 29.1 Å². The fourth-order valence-electron chi connectivity index (χ4n) is 1.79. The van der Waals surface area contributed by atoms with Gasteiger partial charge < -0.3 is 5.32 Å². The lowest BCUT2D eigenvalue weighted by molar-refractivity contribution is 0.964. The van der Waals surface area contributed by atoms with Crippen LogP contribution in [0.15, 0.2) is 0 Å². The minimum absolute atomic E-state index is 0.926. The van der Waals surface area contributed by atoms with Crippen LogP contribution in [0.25, 0.3) is 0 Å². The lowest BCUT2D eigenvalue weighted by Gasteiger charge is -2.10. The summed E-state index contributed by atoms with van der Waals surface area (Å²) in [6.07, 6.45) is 1.21. The van der Waals surface area contributed by atoms with E-state index in [1.165, 1.54) is 23.4 Å². The Morgan fingerprint density at radius 2 is 2.18 bits per heavy atom. The van der Waals surface area contributed by atoms with Gasteiger partial charge in [-0.25, -0.2) is 9.97 Å². The van der Waals surface area contributed by atoms with Crippen molar-refractivity contribution in [1.29, 1.82) is 0 Å². The van der Waals surface area contributed by atoms with Gasteiger partial charge in [-0.05, 0) is 19.1 Å². The van der Waals surface area contributed by atoms with Gasteiger partial charge in [0, 0.05) is 23.6 Å². The highest BCUT2D eigenvalue weighted by molar-refractivity contribution is 7.98. The molecule has 5 heteroatoms. The molecule has 1 N–H and O–H groups in total. The van der Waals surface area contributed by atoms with Crippen molar-refractivity contribution >= 4 is 29.3 Å². The lowest BCUT2D eigenvalue weighted by atomic mass is 10.2. The number of anilines is 1. The molecule has 0 amide bonds. The molecule has 17 heavy (non-hydrogen) atoms. The van der Waals surface area contributed by atoms with Crippen molar-refractivity contribution in [2.45, 2.75) is 37.5 Å². The molecule has 0 saturated heterocycles. The third-order valence-electron chi connectivity index (χ3n) is 2.55. The first-order chi connectivity index (χ1) is 8.35. The molecule has 94 valence electrons. The molecule has 1 aromatic heterocycles. The van der Waals surface area contributed by atoms with Gasteiger partial charge >= 0.3 is 0 Å². The van der Waals surface area contributed by atoms with Crippen molar-refractivity contribution in [2.24, 2.45) is 0 Å². The Morgan fingerprint density at radius 3 is 2.94 bits per heavy atom. The van der Waals surface area contributed by atoms with Gasteiger partial charge in [0.2, 0.25) is 0 Å². The summed E-state index contributed by atoms with van der Waals surface area (Å²) >= 11 is 3.85. The molecule has 0 aliphatic carbocycles. The van der Waals surface area contributed by atoms with Gasteiger partial charge in [-0.2, -0.15) is 23.5 Å². The summed E-state index contributed by atoms with van der Waals surface area (Å²) in [4.78, 5) is 9.32. The molecule has 2 heterocycles. The van der Waals surface area contributed by atoms with Crippen LogP contribution in [0.4, 0.5) is 5.82 Å². The van der Waals surface area contributed by atoms with Crippen molar-refractivity contribution in [1.82, 2.24) is 9.97 Å². The topological polar surface area (TPSA) is 37.8 Å². The van der Waals surface area contributed by atoms with E-state index in [1.807, 2.05) is 23.5 Å². The molecule has 0 spiro atoms. The average Bonchev–Trinajstić information content (AvgIpc) is 2.78. The maximum Gasteiger partial charge on any atom is 0.140 e. The molecular formula is C12H19N3S2. The third-order valence-corrected chi connectivity index (χ3v) is 4.68. The summed E-state index contributed by atoms with van der Waals surface area (Å²) in [5.41, 5.74) is 2.56. The van der Waals surface area contributed by atoms with Crippen molar-refractivity contribution < 1.29 is 0 Å². The van der Waals surface area contributed by atoms with E-state index in [4.69, 9.17) is 0 Å². The standard InChI is InChI=1S/C12H19N3S2/c1-3-5-16-8-11-14-10-7-17-6-9(10)12(15-11)13-4-2/h3-8H2,1-2H3,(H,13,14,15). The van der Waals surface area contributed by atoms with Crippen LogP contribution in [-0.4, -0.2) is 22.3 Å². The normalized spacial score (nSPS) is 13.8. The monoisotopic (exact) mass is 269 g/mol. The van der Waals surface area contributed by atoms with Gasteiger partial charge in [0.25, 0.3) is 0 Å². The Balaban J connectivity index is 2.14. The predicted molar refractivity (Wildman–Crippen MR) is 77.6 cm³/mol. The Bertz CT molecular complexity index is 382. The van der Waals surface area contributed by atoms with Crippen molar-refractivity contribution in [2.75, 3.05) is 17.6 Å². The van der Waals surface area contributed by atoms with Crippen LogP contribution in [0.1, 0.15) is 37.4 Å². The summed E-state index contributed by atoms with van der Waals surface area (Å²) in [5, 5.41) is 3.36. The van der Waals surface area contributed by atoms with E-state index >= 15 is 0 Å². The smallest absolute Gasteiger partial charge is 0.140 e. The third kappa shape index (κ3) is 3.28. The van der Waals surface area contributed by atoms with Crippen LogP contribution in [0.5, 0.6) is 0 Å². The molecule has 3 nitrogen and oxygen atoms in total. The highest BCUT2D eigenvalue weighted by Gasteiger charge is 2.19. The highest BCUT2D eigenvalue weighted by Crippen LogP contribution is 2.33. The van der Waals surface area contributed by atoms with Crippen LogP contribution in [0, 0.1) is 0 Å². The van der Waals surface area contributed by atoms with E-state index in [9.17, 15) is 0 Å². The molecule has 0 aromatic carbocycles. The first-order valence-electron chi connectivity index (χ1n) is 6.13. The second-order valence-corrected chi connectivity index (χ2v) is 6.08. The zero-order valence-corrected chi connectivity index (χ0v) is 12.1. The number of rotatable bonds is 6. The van der Waals surface area contributed by atoms with E-state index in [1.54, 1.807) is 0 Å². The molecule has 0 fully saturated rings. The Morgan fingerprint density at radius 1 is 1.29 bits per heavy atom. The highest BCUT2D eigenvalue weighted by atomic mass is 32.2. The van der Waals surface area contributed by atoms with Crippen LogP contribution in [0.3, 0.4) is 0 Å². The number of hydrogen-bond donors (Lipinski definition) is 1. The fourth-order valence-corrected chi connectivity index (χ4v) is 3.57. The van der Waals surface area contributed by atoms with Crippen LogP contribution >= 0.6 is 23.5 Å². The van der Waals surface area contributed by atoms with E-state index in [0.717, 1.165) is 35.4 Å². The van der Waals surface area contributed by atoms with E-state index < -0.39 is 0 Å². The molecule has 1 aromatic rings. The van der Waals surface area contributed by atoms with E-state index in [0.29, 0.717) is 0 Å². The molecule has 0 atom stereocenters. The van der Waals surface area contributed by atoms with Gasteiger partial charge in [0.15, 0.2) is 0 Å².